The van der Waals surface area contributed by atoms with Crippen LogP contribution >= 0.6 is 11.6 Å². The molecule has 0 aliphatic heterocycles. The first-order valence-corrected chi connectivity index (χ1v) is 10.8. The lowest BCUT2D eigenvalue weighted by Gasteiger charge is -2.07. The molecule has 0 spiro atoms. The minimum absolute atomic E-state index is 0.0123. The van der Waals surface area contributed by atoms with Gasteiger partial charge in [0.05, 0.1) is 11.0 Å². The fourth-order valence-electron chi connectivity index (χ4n) is 3.36. The van der Waals surface area contributed by atoms with Gasteiger partial charge in [-0.1, -0.05) is 48.9 Å². The van der Waals surface area contributed by atoms with Crippen LogP contribution < -0.4 is 10.6 Å². The minimum atomic E-state index is -0.173. The minimum Gasteiger partial charge on any atom is -0.348 e. The zero-order valence-electron chi connectivity index (χ0n) is 17.6. The van der Waals surface area contributed by atoms with Gasteiger partial charge in [0.2, 0.25) is 5.91 Å². The van der Waals surface area contributed by atoms with Crippen molar-refractivity contribution in [2.24, 2.45) is 0 Å². The van der Waals surface area contributed by atoms with Crippen LogP contribution in [0.15, 0.2) is 66.7 Å². The number of aromatic amines is 1. The number of carbonyl (C=O) groups is 2. The summed E-state index contributed by atoms with van der Waals surface area (Å²) in [5.74, 6) is 0.619. The maximum absolute atomic E-state index is 12.6. The van der Waals surface area contributed by atoms with E-state index in [1.54, 1.807) is 18.2 Å². The summed E-state index contributed by atoms with van der Waals surface area (Å²) in [6.07, 6.45) is 1.06. The number of halogens is 1. The lowest BCUT2D eigenvalue weighted by molar-refractivity contribution is -0.115. The van der Waals surface area contributed by atoms with Crippen molar-refractivity contribution in [1.82, 2.24) is 15.3 Å². The average molecular weight is 447 g/mol. The number of H-pyrrole nitrogens is 1. The molecule has 162 valence electrons. The van der Waals surface area contributed by atoms with E-state index in [2.05, 4.69) is 20.6 Å². The van der Waals surface area contributed by atoms with Crippen LogP contribution in [0.25, 0.3) is 11.0 Å². The molecule has 4 aromatic rings. The van der Waals surface area contributed by atoms with E-state index in [1.165, 1.54) is 0 Å². The van der Waals surface area contributed by atoms with Crippen LogP contribution in [-0.4, -0.2) is 21.8 Å². The Kier molecular flexibility index (Phi) is 6.52. The van der Waals surface area contributed by atoms with Crippen molar-refractivity contribution < 1.29 is 9.59 Å². The van der Waals surface area contributed by atoms with Crippen LogP contribution in [0.4, 0.5) is 5.69 Å². The number of hydrogen-bond acceptors (Lipinski definition) is 3. The molecule has 0 fully saturated rings. The maximum Gasteiger partial charge on any atom is 0.251 e. The average Bonchev–Trinajstić information content (AvgIpc) is 3.21. The molecule has 32 heavy (non-hydrogen) atoms. The van der Waals surface area contributed by atoms with Crippen molar-refractivity contribution in [2.45, 2.75) is 26.3 Å². The number of benzene rings is 3. The van der Waals surface area contributed by atoms with E-state index in [9.17, 15) is 9.59 Å². The Balaban J connectivity index is 1.43. The van der Waals surface area contributed by atoms with E-state index in [1.807, 2.05) is 55.5 Å². The number of nitrogens with one attached hydrogen (secondary N) is 3. The Morgan fingerprint density at radius 1 is 1.03 bits per heavy atom. The van der Waals surface area contributed by atoms with Crippen LogP contribution in [0.5, 0.6) is 0 Å². The molecule has 0 unspecified atom stereocenters. The Hall–Kier alpha value is -3.64. The van der Waals surface area contributed by atoms with Gasteiger partial charge in [-0.2, -0.15) is 0 Å². The molecule has 3 N–H and O–H groups in total. The molecule has 0 saturated carbocycles. The first-order chi connectivity index (χ1) is 15.5. The molecule has 2 amide bonds. The van der Waals surface area contributed by atoms with Crippen LogP contribution in [0.3, 0.4) is 0 Å². The van der Waals surface area contributed by atoms with Gasteiger partial charge in [0, 0.05) is 35.7 Å². The van der Waals surface area contributed by atoms with Gasteiger partial charge in [0.25, 0.3) is 5.91 Å². The third kappa shape index (κ3) is 5.15. The number of anilines is 1. The Morgan fingerprint density at radius 2 is 1.81 bits per heavy atom. The largest absolute Gasteiger partial charge is 0.348 e. The van der Waals surface area contributed by atoms with E-state index < -0.39 is 0 Å². The Morgan fingerprint density at radius 3 is 2.56 bits per heavy atom. The monoisotopic (exact) mass is 446 g/mol. The zero-order chi connectivity index (χ0) is 22.5. The smallest absolute Gasteiger partial charge is 0.251 e. The third-order valence-corrected chi connectivity index (χ3v) is 5.49. The lowest BCUT2D eigenvalue weighted by Crippen LogP contribution is -2.22. The first-order valence-electron chi connectivity index (χ1n) is 10.4. The van der Waals surface area contributed by atoms with Gasteiger partial charge in [-0.05, 0) is 47.5 Å². The molecule has 1 aromatic heterocycles. The number of rotatable bonds is 7. The Bertz CT molecular complexity index is 1260. The molecule has 0 aliphatic rings. The van der Waals surface area contributed by atoms with E-state index in [0.29, 0.717) is 30.0 Å². The van der Waals surface area contributed by atoms with Crippen molar-refractivity contribution in [2.75, 3.05) is 5.32 Å². The molecule has 1 heterocycles. The Labute approximate surface area is 191 Å². The summed E-state index contributed by atoms with van der Waals surface area (Å²) in [5, 5.41) is 6.37. The summed E-state index contributed by atoms with van der Waals surface area (Å²) in [5.41, 5.74) is 4.86. The van der Waals surface area contributed by atoms with Crippen molar-refractivity contribution in [3.63, 3.8) is 0 Å². The highest BCUT2D eigenvalue weighted by atomic mass is 35.5. The number of nitrogens with zero attached hydrogens (tertiary/aromatic N) is 1. The van der Waals surface area contributed by atoms with Crippen molar-refractivity contribution in [1.29, 1.82) is 0 Å². The lowest BCUT2D eigenvalue weighted by atomic mass is 10.1. The molecule has 7 heteroatoms. The maximum atomic E-state index is 12.6. The van der Waals surface area contributed by atoms with Crippen LogP contribution in [-0.2, 0) is 17.8 Å². The number of imidazole rings is 1. The van der Waals surface area contributed by atoms with Gasteiger partial charge in [-0.3, -0.25) is 9.59 Å². The van der Waals surface area contributed by atoms with Crippen LogP contribution in [0, 0.1) is 0 Å². The molecule has 4 rings (SSSR count). The van der Waals surface area contributed by atoms with E-state index >= 15 is 0 Å². The topological polar surface area (TPSA) is 86.9 Å². The molecule has 6 nitrogen and oxygen atoms in total. The summed E-state index contributed by atoms with van der Waals surface area (Å²) in [6.45, 7) is 2.18. The quantitative estimate of drug-likeness (QED) is 0.369. The SMILES string of the molecule is CCC(=O)Nc1ccc(Cc2nc3ccc(C(=O)NCc4ccccc4Cl)cc3[nH]2)cc1. The van der Waals surface area contributed by atoms with Crippen molar-refractivity contribution >= 4 is 40.1 Å². The number of aromatic nitrogens is 2. The fraction of sp³-hybridized carbons (Fsp3) is 0.160. The standard InChI is InChI=1S/C25H23ClN4O2/c1-2-24(31)28-19-10-7-16(8-11-19)13-23-29-21-12-9-17(14-22(21)30-23)25(32)27-15-18-5-3-4-6-20(18)26/h3-12,14H,2,13,15H2,1H3,(H,27,32)(H,28,31)(H,29,30). The fourth-order valence-corrected chi connectivity index (χ4v) is 3.56. The predicted octanol–water partition coefficient (Wildman–Crippen LogP) is 5.09. The predicted molar refractivity (Wildman–Crippen MR) is 127 cm³/mol. The van der Waals surface area contributed by atoms with Crippen LogP contribution in [0.1, 0.15) is 40.7 Å². The molecule has 0 radical (unpaired) electrons. The molecule has 0 atom stereocenters. The second-order valence-corrected chi connectivity index (χ2v) is 7.87. The number of fused-ring (bicyclic) bond motifs is 1. The van der Waals surface area contributed by atoms with Gasteiger partial charge in [0.1, 0.15) is 5.82 Å². The second kappa shape index (κ2) is 9.66. The second-order valence-electron chi connectivity index (χ2n) is 7.46. The summed E-state index contributed by atoms with van der Waals surface area (Å²) >= 11 is 6.16. The van der Waals surface area contributed by atoms with Gasteiger partial charge >= 0.3 is 0 Å². The number of carbonyl (C=O) groups excluding carboxylic acids is 2. The highest BCUT2D eigenvalue weighted by molar-refractivity contribution is 6.31. The summed E-state index contributed by atoms with van der Waals surface area (Å²) in [7, 11) is 0. The summed E-state index contributed by atoms with van der Waals surface area (Å²) in [4.78, 5) is 32.0. The zero-order valence-corrected chi connectivity index (χ0v) is 18.4. The van der Waals surface area contributed by atoms with Gasteiger partial charge < -0.3 is 15.6 Å². The first kappa shape index (κ1) is 21.6. The van der Waals surface area contributed by atoms with E-state index in [0.717, 1.165) is 33.7 Å². The number of amides is 2. The van der Waals surface area contributed by atoms with E-state index in [-0.39, 0.29) is 11.8 Å². The molecular weight excluding hydrogens is 424 g/mol. The van der Waals surface area contributed by atoms with Crippen molar-refractivity contribution in [3.05, 3.63) is 94.3 Å². The molecule has 0 bridgehead atoms. The van der Waals surface area contributed by atoms with Gasteiger partial charge in [-0.15, -0.1) is 0 Å². The highest BCUT2D eigenvalue weighted by Gasteiger charge is 2.10. The molecule has 3 aromatic carbocycles. The van der Waals surface area contributed by atoms with Crippen molar-refractivity contribution in [3.8, 4) is 0 Å². The highest BCUT2D eigenvalue weighted by Crippen LogP contribution is 2.18. The number of hydrogen-bond donors (Lipinski definition) is 3. The molecule has 0 aliphatic carbocycles. The molecule has 0 saturated heterocycles. The van der Waals surface area contributed by atoms with Gasteiger partial charge in [-0.25, -0.2) is 4.98 Å². The van der Waals surface area contributed by atoms with Crippen LogP contribution in [0.2, 0.25) is 5.02 Å². The molecular formula is C25H23ClN4O2. The summed E-state index contributed by atoms with van der Waals surface area (Å²) < 4.78 is 0. The van der Waals surface area contributed by atoms with E-state index in [4.69, 9.17) is 11.6 Å². The summed E-state index contributed by atoms with van der Waals surface area (Å²) in [6, 6.07) is 20.5. The normalized spacial score (nSPS) is 10.8. The third-order valence-electron chi connectivity index (χ3n) is 5.12. The van der Waals surface area contributed by atoms with Gasteiger partial charge in [0.15, 0.2) is 0 Å².